The molecule has 0 amide bonds. The van der Waals surface area contributed by atoms with Gasteiger partial charge >= 0.3 is 5.69 Å². The number of aromatic nitrogens is 3. The molecule has 100 valence electrons. The third-order valence-electron chi connectivity index (χ3n) is 2.42. The number of hydrogen-bond donors (Lipinski definition) is 1. The molecule has 0 aliphatic rings. The first kappa shape index (κ1) is 13.4. The van der Waals surface area contributed by atoms with Gasteiger partial charge in [-0.1, -0.05) is 23.2 Å². The van der Waals surface area contributed by atoms with Gasteiger partial charge in [0.15, 0.2) is 5.82 Å². The zero-order chi connectivity index (χ0) is 14.3. The number of nitro groups is 1. The molecule has 0 atom stereocenters. The summed E-state index contributed by atoms with van der Waals surface area (Å²) in [6.07, 6.45) is 0. The van der Waals surface area contributed by atoms with Crippen molar-refractivity contribution in [3.8, 4) is 5.69 Å². The second-order valence-corrected chi connectivity index (χ2v) is 4.44. The van der Waals surface area contributed by atoms with E-state index in [-0.39, 0.29) is 27.2 Å². The number of nitro benzene ring substituents is 1. The Kier molecular flexibility index (Phi) is 3.21. The first-order chi connectivity index (χ1) is 8.82. The topological polar surface area (TPSA) is 109 Å². The summed E-state index contributed by atoms with van der Waals surface area (Å²) in [4.78, 5) is 21.9. The summed E-state index contributed by atoms with van der Waals surface area (Å²) in [5, 5.41) is 14.6. The van der Waals surface area contributed by atoms with Gasteiger partial charge in [-0.25, -0.2) is 4.79 Å². The van der Waals surface area contributed by atoms with Gasteiger partial charge in [0.1, 0.15) is 5.02 Å². The van der Waals surface area contributed by atoms with Gasteiger partial charge in [0.05, 0.1) is 15.6 Å². The molecule has 0 bridgehead atoms. The molecule has 0 aliphatic heterocycles. The SMILES string of the molecule is Cc1nn(-c2cc([N+](=O)[O-])c(Cl)cc2Cl)c(=O)n1N. The van der Waals surface area contributed by atoms with Crippen molar-refractivity contribution in [3.05, 3.63) is 48.6 Å². The van der Waals surface area contributed by atoms with Gasteiger partial charge < -0.3 is 5.84 Å². The molecular formula is C9H7Cl2N5O3. The Hall–Kier alpha value is -2.06. The summed E-state index contributed by atoms with van der Waals surface area (Å²) in [6, 6.07) is 2.24. The van der Waals surface area contributed by atoms with E-state index in [2.05, 4.69) is 5.10 Å². The highest BCUT2D eigenvalue weighted by atomic mass is 35.5. The number of aryl methyl sites for hydroxylation is 1. The normalized spacial score (nSPS) is 10.7. The molecule has 0 radical (unpaired) electrons. The zero-order valence-corrected chi connectivity index (χ0v) is 11.0. The molecule has 0 saturated heterocycles. The average Bonchev–Trinajstić information content (AvgIpc) is 2.57. The molecule has 2 N–H and O–H groups in total. The molecule has 0 unspecified atom stereocenters. The van der Waals surface area contributed by atoms with Crippen LogP contribution < -0.4 is 11.5 Å². The van der Waals surface area contributed by atoms with E-state index in [9.17, 15) is 14.9 Å². The van der Waals surface area contributed by atoms with Crippen LogP contribution in [0.2, 0.25) is 10.0 Å². The molecule has 2 aromatic rings. The highest BCUT2D eigenvalue weighted by molar-refractivity contribution is 6.37. The molecule has 0 saturated carbocycles. The summed E-state index contributed by atoms with van der Waals surface area (Å²) < 4.78 is 1.68. The standard InChI is InChI=1S/C9H7Cl2N5O3/c1-4-13-15(9(17)14(4)12)7-3-8(16(18)19)6(11)2-5(7)10/h2-3H,12H2,1H3. The largest absolute Gasteiger partial charge is 0.369 e. The summed E-state index contributed by atoms with van der Waals surface area (Å²) in [5.74, 6) is 5.67. The van der Waals surface area contributed by atoms with E-state index in [1.165, 1.54) is 13.0 Å². The van der Waals surface area contributed by atoms with E-state index < -0.39 is 10.6 Å². The van der Waals surface area contributed by atoms with Crippen molar-refractivity contribution >= 4 is 28.9 Å². The lowest BCUT2D eigenvalue weighted by molar-refractivity contribution is -0.384. The van der Waals surface area contributed by atoms with Gasteiger partial charge in [-0.2, -0.15) is 9.36 Å². The number of halogens is 2. The predicted molar refractivity (Wildman–Crippen MR) is 69.4 cm³/mol. The number of nitrogens with zero attached hydrogens (tertiary/aromatic N) is 4. The third-order valence-corrected chi connectivity index (χ3v) is 3.03. The van der Waals surface area contributed by atoms with Crippen molar-refractivity contribution < 1.29 is 4.92 Å². The average molecular weight is 304 g/mol. The predicted octanol–water partition coefficient (Wildman–Crippen LogP) is 1.27. The third kappa shape index (κ3) is 2.15. The Bertz CT molecular complexity index is 736. The maximum Gasteiger partial charge on any atom is 0.369 e. The number of benzene rings is 1. The highest BCUT2D eigenvalue weighted by Crippen LogP contribution is 2.32. The van der Waals surface area contributed by atoms with Crippen LogP contribution in [0.25, 0.3) is 5.69 Å². The lowest BCUT2D eigenvalue weighted by Crippen LogP contribution is -2.29. The molecule has 1 aromatic heterocycles. The Morgan fingerprint density at radius 1 is 1.37 bits per heavy atom. The number of rotatable bonds is 2. The summed E-state index contributed by atoms with van der Waals surface area (Å²) >= 11 is 11.6. The van der Waals surface area contributed by atoms with E-state index in [0.717, 1.165) is 15.4 Å². The summed E-state index contributed by atoms with van der Waals surface area (Å²) in [7, 11) is 0. The molecule has 2 rings (SSSR count). The van der Waals surface area contributed by atoms with E-state index in [1.54, 1.807) is 0 Å². The first-order valence-electron chi connectivity index (χ1n) is 4.90. The molecule has 1 heterocycles. The van der Waals surface area contributed by atoms with Crippen LogP contribution >= 0.6 is 23.2 Å². The van der Waals surface area contributed by atoms with Crippen LogP contribution in [-0.2, 0) is 0 Å². The monoisotopic (exact) mass is 303 g/mol. The zero-order valence-electron chi connectivity index (χ0n) is 9.50. The maximum atomic E-state index is 11.8. The van der Waals surface area contributed by atoms with Crippen LogP contribution in [0.1, 0.15) is 5.82 Å². The fourth-order valence-corrected chi connectivity index (χ4v) is 1.99. The fraction of sp³-hybridized carbons (Fsp3) is 0.111. The quantitative estimate of drug-likeness (QED) is 0.510. The Morgan fingerprint density at radius 2 is 2.00 bits per heavy atom. The maximum absolute atomic E-state index is 11.8. The minimum Gasteiger partial charge on any atom is -0.333 e. The van der Waals surface area contributed by atoms with Crippen LogP contribution in [0.15, 0.2) is 16.9 Å². The lowest BCUT2D eigenvalue weighted by atomic mass is 10.3. The minimum atomic E-state index is -0.681. The number of nitrogens with two attached hydrogens (primary N) is 1. The van der Waals surface area contributed by atoms with E-state index in [0.29, 0.717) is 0 Å². The first-order valence-corrected chi connectivity index (χ1v) is 5.66. The van der Waals surface area contributed by atoms with Crippen molar-refractivity contribution in [2.75, 3.05) is 5.84 Å². The van der Waals surface area contributed by atoms with Gasteiger partial charge in [-0.05, 0) is 13.0 Å². The van der Waals surface area contributed by atoms with E-state index >= 15 is 0 Å². The van der Waals surface area contributed by atoms with Crippen LogP contribution in [0.4, 0.5) is 5.69 Å². The van der Waals surface area contributed by atoms with E-state index in [1.807, 2.05) is 0 Å². The Morgan fingerprint density at radius 3 is 2.47 bits per heavy atom. The lowest BCUT2D eigenvalue weighted by Gasteiger charge is -2.03. The molecule has 1 aromatic carbocycles. The molecule has 0 spiro atoms. The van der Waals surface area contributed by atoms with Gasteiger partial charge in [-0.3, -0.25) is 10.1 Å². The van der Waals surface area contributed by atoms with Crippen LogP contribution in [0.5, 0.6) is 0 Å². The molecule has 19 heavy (non-hydrogen) atoms. The number of hydrogen-bond acceptors (Lipinski definition) is 5. The molecule has 0 fully saturated rings. The molecular weight excluding hydrogens is 297 g/mol. The van der Waals surface area contributed by atoms with Crippen LogP contribution in [0, 0.1) is 17.0 Å². The summed E-state index contributed by atoms with van der Waals surface area (Å²) in [6.45, 7) is 1.51. The fourth-order valence-electron chi connectivity index (χ4n) is 1.46. The van der Waals surface area contributed by atoms with E-state index in [4.69, 9.17) is 29.0 Å². The van der Waals surface area contributed by atoms with Crippen molar-refractivity contribution in [3.63, 3.8) is 0 Å². The smallest absolute Gasteiger partial charge is 0.333 e. The van der Waals surface area contributed by atoms with Crippen molar-refractivity contribution in [1.29, 1.82) is 0 Å². The second-order valence-electron chi connectivity index (χ2n) is 3.62. The van der Waals surface area contributed by atoms with Gasteiger partial charge in [-0.15, -0.1) is 5.10 Å². The Labute approximate surface area is 116 Å². The second kappa shape index (κ2) is 4.56. The van der Waals surface area contributed by atoms with Crippen molar-refractivity contribution in [2.24, 2.45) is 0 Å². The van der Waals surface area contributed by atoms with Gasteiger partial charge in [0, 0.05) is 6.07 Å². The van der Waals surface area contributed by atoms with Crippen molar-refractivity contribution in [1.82, 2.24) is 14.5 Å². The molecule has 0 aliphatic carbocycles. The molecule has 8 nitrogen and oxygen atoms in total. The molecule has 10 heteroatoms. The highest BCUT2D eigenvalue weighted by Gasteiger charge is 2.20. The summed E-state index contributed by atoms with van der Waals surface area (Å²) in [5.41, 5.74) is -1.01. The van der Waals surface area contributed by atoms with Crippen LogP contribution in [-0.4, -0.2) is 19.4 Å². The Balaban J connectivity index is 2.75. The minimum absolute atomic E-state index is 0.0371. The van der Waals surface area contributed by atoms with Gasteiger partial charge in [0.25, 0.3) is 5.69 Å². The van der Waals surface area contributed by atoms with Gasteiger partial charge in [0.2, 0.25) is 0 Å². The van der Waals surface area contributed by atoms with Crippen LogP contribution in [0.3, 0.4) is 0 Å². The van der Waals surface area contributed by atoms with Crippen molar-refractivity contribution in [2.45, 2.75) is 6.92 Å². The number of nitrogen functional groups attached to an aromatic ring is 1.